The zero-order chi connectivity index (χ0) is 17.8. The highest BCUT2D eigenvalue weighted by atomic mass is 35.5. The van der Waals surface area contributed by atoms with Crippen LogP contribution >= 0.6 is 23.2 Å². The van der Waals surface area contributed by atoms with Gasteiger partial charge in [0.05, 0.1) is 10.7 Å². The van der Waals surface area contributed by atoms with Gasteiger partial charge in [0.1, 0.15) is 0 Å². The number of carbonyl (C=O) groups excluding carboxylic acids is 1. The Morgan fingerprint density at radius 2 is 1.92 bits per heavy atom. The molecule has 0 aliphatic heterocycles. The maximum atomic E-state index is 12.0. The van der Waals surface area contributed by atoms with E-state index in [1.165, 1.54) is 0 Å². The number of carbonyl (C=O) groups is 1. The number of rotatable bonds is 5. The number of aromatic nitrogens is 2. The summed E-state index contributed by atoms with van der Waals surface area (Å²) in [6.45, 7) is 2.01. The fraction of sp³-hybridized carbons (Fsp3) is 0.167. The van der Waals surface area contributed by atoms with Gasteiger partial charge >= 0.3 is 0 Å². The monoisotopic (exact) mass is 375 g/mol. The second-order valence-electron chi connectivity index (χ2n) is 5.55. The summed E-state index contributed by atoms with van der Waals surface area (Å²) in [6.07, 6.45) is 0.546. The minimum Gasteiger partial charge on any atom is -0.339 e. The first-order chi connectivity index (χ1) is 12.0. The molecule has 1 N–H and O–H groups in total. The molecule has 0 unspecified atom stereocenters. The van der Waals surface area contributed by atoms with Crippen molar-refractivity contribution in [1.29, 1.82) is 0 Å². The first kappa shape index (κ1) is 17.5. The molecule has 25 heavy (non-hydrogen) atoms. The minimum atomic E-state index is -0.195. The number of aryl methyl sites for hydroxylation is 2. The van der Waals surface area contributed by atoms with Crippen molar-refractivity contribution >= 4 is 34.8 Å². The summed E-state index contributed by atoms with van der Waals surface area (Å²) in [5, 5.41) is 7.58. The van der Waals surface area contributed by atoms with Gasteiger partial charge in [-0.3, -0.25) is 4.79 Å². The van der Waals surface area contributed by atoms with E-state index in [0.717, 1.165) is 11.1 Å². The van der Waals surface area contributed by atoms with Crippen LogP contribution in [-0.2, 0) is 11.2 Å². The number of anilines is 1. The molecule has 0 saturated heterocycles. The van der Waals surface area contributed by atoms with Gasteiger partial charge in [0.15, 0.2) is 0 Å². The summed E-state index contributed by atoms with van der Waals surface area (Å²) in [5.74, 6) is 0.725. The van der Waals surface area contributed by atoms with E-state index in [-0.39, 0.29) is 12.3 Å². The molecule has 0 radical (unpaired) electrons. The maximum absolute atomic E-state index is 12.0. The Labute approximate surface area is 155 Å². The summed E-state index contributed by atoms with van der Waals surface area (Å²) in [7, 11) is 0. The Morgan fingerprint density at radius 1 is 1.16 bits per heavy atom. The second-order valence-corrected chi connectivity index (χ2v) is 6.39. The van der Waals surface area contributed by atoms with Crippen molar-refractivity contribution in [3.05, 3.63) is 64.0 Å². The highest BCUT2D eigenvalue weighted by Gasteiger charge is 2.12. The van der Waals surface area contributed by atoms with Gasteiger partial charge in [-0.15, -0.1) is 0 Å². The van der Waals surface area contributed by atoms with E-state index >= 15 is 0 Å². The number of nitrogens with one attached hydrogen (secondary N) is 1. The number of nitrogens with zero attached hydrogens (tertiary/aromatic N) is 2. The summed E-state index contributed by atoms with van der Waals surface area (Å²) in [4.78, 5) is 16.4. The molecule has 1 amide bonds. The number of hydrogen-bond donors (Lipinski definition) is 1. The van der Waals surface area contributed by atoms with E-state index in [1.807, 2.05) is 31.2 Å². The largest absolute Gasteiger partial charge is 0.339 e. The molecule has 5 nitrogen and oxygen atoms in total. The highest BCUT2D eigenvalue weighted by Crippen LogP contribution is 2.25. The lowest BCUT2D eigenvalue weighted by molar-refractivity contribution is -0.116. The van der Waals surface area contributed by atoms with Gasteiger partial charge in [-0.05, 0) is 25.1 Å². The molecule has 3 aromatic rings. The summed E-state index contributed by atoms with van der Waals surface area (Å²) >= 11 is 11.9. The molecule has 128 valence electrons. The van der Waals surface area contributed by atoms with Crippen LogP contribution in [0.3, 0.4) is 0 Å². The van der Waals surface area contributed by atoms with E-state index in [9.17, 15) is 4.79 Å². The third-order valence-corrected chi connectivity index (χ3v) is 4.10. The van der Waals surface area contributed by atoms with Gasteiger partial charge in [0.2, 0.25) is 17.6 Å². The molecule has 1 heterocycles. The average molecular weight is 376 g/mol. The number of amides is 1. The molecule has 0 bridgehead atoms. The van der Waals surface area contributed by atoms with Crippen molar-refractivity contribution < 1.29 is 9.32 Å². The van der Waals surface area contributed by atoms with Crippen LogP contribution < -0.4 is 5.32 Å². The second kappa shape index (κ2) is 7.68. The average Bonchev–Trinajstić information content (AvgIpc) is 3.05. The third-order valence-electron chi connectivity index (χ3n) is 3.55. The topological polar surface area (TPSA) is 68.0 Å². The maximum Gasteiger partial charge on any atom is 0.227 e. The van der Waals surface area contributed by atoms with Crippen molar-refractivity contribution in [2.45, 2.75) is 19.8 Å². The van der Waals surface area contributed by atoms with E-state index in [1.54, 1.807) is 18.2 Å². The molecule has 0 aliphatic carbocycles. The van der Waals surface area contributed by atoms with Crippen LogP contribution in [0.2, 0.25) is 10.0 Å². The highest BCUT2D eigenvalue weighted by molar-refractivity contribution is 6.36. The van der Waals surface area contributed by atoms with Gasteiger partial charge in [0.25, 0.3) is 0 Å². The Morgan fingerprint density at radius 3 is 2.64 bits per heavy atom. The first-order valence-corrected chi connectivity index (χ1v) is 8.41. The van der Waals surface area contributed by atoms with Crippen molar-refractivity contribution in [2.24, 2.45) is 0 Å². The zero-order valence-electron chi connectivity index (χ0n) is 13.4. The van der Waals surface area contributed by atoms with Crippen molar-refractivity contribution in [1.82, 2.24) is 10.1 Å². The molecule has 3 rings (SSSR count). The van der Waals surface area contributed by atoms with Gasteiger partial charge in [-0.25, -0.2) is 0 Å². The molecule has 0 fully saturated rings. The number of halogens is 2. The Bertz CT molecular complexity index is 892. The Balaban J connectivity index is 1.58. The smallest absolute Gasteiger partial charge is 0.227 e. The van der Waals surface area contributed by atoms with Crippen LogP contribution in [0, 0.1) is 6.92 Å². The summed E-state index contributed by atoms with van der Waals surface area (Å²) in [5.41, 5.74) is 2.55. The summed E-state index contributed by atoms with van der Waals surface area (Å²) < 4.78 is 5.20. The number of hydrogen-bond acceptors (Lipinski definition) is 4. The van der Waals surface area contributed by atoms with Crippen LogP contribution in [0.15, 0.2) is 47.0 Å². The summed E-state index contributed by atoms with van der Waals surface area (Å²) in [6, 6.07) is 12.7. The quantitative estimate of drug-likeness (QED) is 0.686. The fourth-order valence-corrected chi connectivity index (χ4v) is 2.66. The predicted octanol–water partition coefficient (Wildman–Crippen LogP) is 4.92. The van der Waals surface area contributed by atoms with E-state index < -0.39 is 0 Å². The molecule has 0 spiro atoms. The molecule has 0 aliphatic rings. The van der Waals surface area contributed by atoms with Crippen LogP contribution in [0.1, 0.15) is 17.9 Å². The molecule has 0 saturated carbocycles. The van der Waals surface area contributed by atoms with Gasteiger partial charge in [-0.1, -0.05) is 58.2 Å². The van der Waals surface area contributed by atoms with Crippen molar-refractivity contribution in [3.8, 4) is 11.4 Å². The van der Waals surface area contributed by atoms with Crippen LogP contribution in [-0.4, -0.2) is 16.0 Å². The first-order valence-electron chi connectivity index (χ1n) is 7.66. The molecule has 7 heteroatoms. The molecule has 1 aromatic heterocycles. The fourth-order valence-electron chi connectivity index (χ4n) is 2.20. The number of benzene rings is 2. The normalized spacial score (nSPS) is 10.7. The van der Waals surface area contributed by atoms with E-state index in [0.29, 0.717) is 33.9 Å². The lowest BCUT2D eigenvalue weighted by Gasteiger charge is -2.06. The standard InChI is InChI=1S/C18H15Cl2N3O2/c1-11-2-4-12(5-3-11)18-22-17(25-23-18)9-8-16(24)21-15-7-6-13(19)10-14(15)20/h2-7,10H,8-9H2,1H3,(H,21,24). The molecular formula is C18H15Cl2N3O2. The van der Waals surface area contributed by atoms with Crippen LogP contribution in [0.25, 0.3) is 11.4 Å². The van der Waals surface area contributed by atoms with Crippen LogP contribution in [0.4, 0.5) is 5.69 Å². The zero-order valence-corrected chi connectivity index (χ0v) is 14.9. The minimum absolute atomic E-state index is 0.195. The van der Waals surface area contributed by atoms with Crippen molar-refractivity contribution in [2.75, 3.05) is 5.32 Å². The van der Waals surface area contributed by atoms with Gasteiger partial charge < -0.3 is 9.84 Å². The molecular weight excluding hydrogens is 361 g/mol. The lowest BCUT2D eigenvalue weighted by Crippen LogP contribution is -2.12. The van der Waals surface area contributed by atoms with Gasteiger partial charge in [-0.2, -0.15) is 4.98 Å². The van der Waals surface area contributed by atoms with Crippen LogP contribution in [0.5, 0.6) is 0 Å². The lowest BCUT2D eigenvalue weighted by atomic mass is 10.1. The predicted molar refractivity (Wildman–Crippen MR) is 97.9 cm³/mol. The Hall–Kier alpha value is -2.37. The van der Waals surface area contributed by atoms with Gasteiger partial charge in [0, 0.05) is 23.4 Å². The SMILES string of the molecule is Cc1ccc(-c2noc(CCC(=O)Nc3ccc(Cl)cc3Cl)n2)cc1. The van der Waals surface area contributed by atoms with Crippen molar-refractivity contribution in [3.63, 3.8) is 0 Å². The van der Waals surface area contributed by atoms with E-state index in [4.69, 9.17) is 27.7 Å². The third kappa shape index (κ3) is 4.59. The Kier molecular flexibility index (Phi) is 5.36. The molecule has 0 atom stereocenters. The van der Waals surface area contributed by atoms with E-state index in [2.05, 4.69) is 15.5 Å². The molecule has 2 aromatic carbocycles.